The largest absolute Gasteiger partial charge is 0.465 e. The van der Waals surface area contributed by atoms with Crippen LogP contribution in [0, 0.1) is 0 Å². The van der Waals surface area contributed by atoms with Crippen molar-refractivity contribution in [2.45, 2.75) is 31.2 Å². The van der Waals surface area contributed by atoms with Crippen molar-refractivity contribution in [3.8, 4) is 10.6 Å². The molecular weight excluding hydrogens is 398 g/mol. The van der Waals surface area contributed by atoms with Crippen LogP contribution in [0.1, 0.15) is 47.3 Å². The fourth-order valence-corrected chi connectivity index (χ4v) is 6.23. The van der Waals surface area contributed by atoms with Crippen molar-refractivity contribution < 1.29 is 17.9 Å². The van der Waals surface area contributed by atoms with Crippen LogP contribution in [-0.2, 0) is 14.6 Å². The number of esters is 1. The predicted molar refractivity (Wildman–Crippen MR) is 106 cm³/mol. The van der Waals surface area contributed by atoms with E-state index in [4.69, 9.17) is 14.8 Å². The Hall–Kier alpha value is -2.26. The third-order valence-electron chi connectivity index (χ3n) is 5.39. The number of hydrogen-bond donors (Lipinski definition) is 0. The number of methoxy groups -OCH3 is 1. The number of rotatable bonds is 4. The molecule has 1 atom stereocenters. The zero-order valence-corrected chi connectivity index (χ0v) is 16.9. The molecule has 0 unspecified atom stereocenters. The van der Waals surface area contributed by atoms with Crippen molar-refractivity contribution in [2.24, 2.45) is 0 Å². The van der Waals surface area contributed by atoms with Gasteiger partial charge >= 0.3 is 5.97 Å². The third kappa shape index (κ3) is 2.93. The maximum Gasteiger partial charge on any atom is 0.338 e. The van der Waals surface area contributed by atoms with Gasteiger partial charge in [0.15, 0.2) is 15.5 Å². The van der Waals surface area contributed by atoms with Crippen LogP contribution in [-0.4, -0.2) is 47.8 Å². The molecule has 5 rings (SSSR count). The van der Waals surface area contributed by atoms with Crippen molar-refractivity contribution in [3.63, 3.8) is 0 Å². The summed E-state index contributed by atoms with van der Waals surface area (Å²) in [4.78, 5) is 18.4. The number of ether oxygens (including phenoxy) is 1. The molecular formula is C19H19N3O4S2. The van der Waals surface area contributed by atoms with E-state index in [0.717, 1.165) is 23.4 Å². The van der Waals surface area contributed by atoms with E-state index in [2.05, 4.69) is 0 Å². The SMILES string of the molecule is COC(=O)c1cc(C2CC2)nc2c1c(-c1cccs1)nn2[C@@H]1CCS(=O)(=O)C1. The number of carbonyl (C=O) groups excluding carboxylic acids is 1. The summed E-state index contributed by atoms with van der Waals surface area (Å²) in [7, 11) is -1.71. The van der Waals surface area contributed by atoms with E-state index in [-0.39, 0.29) is 17.5 Å². The second kappa shape index (κ2) is 6.38. The quantitative estimate of drug-likeness (QED) is 0.606. The monoisotopic (exact) mass is 417 g/mol. The Morgan fingerprint density at radius 2 is 2.14 bits per heavy atom. The second-order valence-corrected chi connectivity index (χ2v) is 10.6. The van der Waals surface area contributed by atoms with Gasteiger partial charge in [0, 0.05) is 11.6 Å². The van der Waals surface area contributed by atoms with Gasteiger partial charge in [-0.15, -0.1) is 11.3 Å². The Kier molecular flexibility index (Phi) is 4.06. The molecule has 0 bridgehead atoms. The van der Waals surface area contributed by atoms with E-state index in [0.29, 0.717) is 34.6 Å². The minimum absolute atomic E-state index is 0.0521. The second-order valence-electron chi connectivity index (χ2n) is 7.39. The average molecular weight is 418 g/mol. The summed E-state index contributed by atoms with van der Waals surface area (Å²) in [6.07, 6.45) is 2.59. The van der Waals surface area contributed by atoms with Crippen LogP contribution in [0.4, 0.5) is 0 Å². The first-order valence-corrected chi connectivity index (χ1v) is 11.9. The fraction of sp³-hybridized carbons (Fsp3) is 0.421. The van der Waals surface area contributed by atoms with Crippen molar-refractivity contribution >= 4 is 38.2 Å². The van der Waals surface area contributed by atoms with E-state index in [9.17, 15) is 13.2 Å². The van der Waals surface area contributed by atoms with Crippen LogP contribution >= 0.6 is 11.3 Å². The highest BCUT2D eigenvalue weighted by atomic mass is 32.2. The maximum atomic E-state index is 12.6. The van der Waals surface area contributed by atoms with Gasteiger partial charge in [-0.3, -0.25) is 0 Å². The van der Waals surface area contributed by atoms with Gasteiger partial charge in [-0.1, -0.05) is 6.07 Å². The Morgan fingerprint density at radius 3 is 2.75 bits per heavy atom. The Labute approximate surface area is 166 Å². The van der Waals surface area contributed by atoms with Crippen LogP contribution in [0.5, 0.6) is 0 Å². The van der Waals surface area contributed by atoms with Crippen molar-refractivity contribution in [3.05, 3.63) is 34.8 Å². The molecule has 1 aliphatic heterocycles. The highest BCUT2D eigenvalue weighted by Crippen LogP contribution is 2.42. The molecule has 0 spiro atoms. The lowest BCUT2D eigenvalue weighted by atomic mass is 10.1. The number of fused-ring (bicyclic) bond motifs is 1. The molecule has 1 aliphatic carbocycles. The van der Waals surface area contributed by atoms with Gasteiger partial charge in [0.05, 0.1) is 40.5 Å². The lowest BCUT2D eigenvalue weighted by Crippen LogP contribution is -2.13. The topological polar surface area (TPSA) is 91.2 Å². The molecule has 9 heteroatoms. The molecule has 0 amide bonds. The summed E-state index contributed by atoms with van der Waals surface area (Å²) in [5.74, 6) is 0.121. The Bertz CT molecular complexity index is 1180. The zero-order chi connectivity index (χ0) is 19.5. The van der Waals surface area contributed by atoms with E-state index >= 15 is 0 Å². The molecule has 146 valence electrons. The minimum Gasteiger partial charge on any atom is -0.465 e. The van der Waals surface area contributed by atoms with E-state index in [1.165, 1.54) is 18.4 Å². The van der Waals surface area contributed by atoms with Gasteiger partial charge in [0.1, 0.15) is 5.69 Å². The summed E-state index contributed by atoms with van der Waals surface area (Å²) in [6, 6.07) is 5.42. The zero-order valence-electron chi connectivity index (χ0n) is 15.3. The molecule has 3 aromatic heterocycles. The smallest absolute Gasteiger partial charge is 0.338 e. The molecule has 28 heavy (non-hydrogen) atoms. The number of sulfone groups is 1. The van der Waals surface area contributed by atoms with Gasteiger partial charge in [-0.05, 0) is 36.8 Å². The van der Waals surface area contributed by atoms with Crippen LogP contribution in [0.3, 0.4) is 0 Å². The van der Waals surface area contributed by atoms with Crippen LogP contribution < -0.4 is 0 Å². The standard InChI is InChI=1S/C19H19N3O4S2/c1-26-19(23)13-9-14(11-4-5-11)20-18-16(13)17(15-3-2-7-27-15)21-22(18)12-6-8-28(24,25)10-12/h2-3,7,9,11-12H,4-6,8,10H2,1H3/t12-/m1/s1. The van der Waals surface area contributed by atoms with Gasteiger partial charge in [0.25, 0.3) is 0 Å². The maximum absolute atomic E-state index is 12.6. The van der Waals surface area contributed by atoms with E-state index in [1.54, 1.807) is 4.68 Å². The molecule has 2 aliphatic rings. The number of carbonyl (C=O) groups is 1. The third-order valence-corrected chi connectivity index (χ3v) is 8.02. The Morgan fingerprint density at radius 1 is 1.32 bits per heavy atom. The lowest BCUT2D eigenvalue weighted by Gasteiger charge is -2.11. The molecule has 2 fully saturated rings. The molecule has 0 radical (unpaired) electrons. The van der Waals surface area contributed by atoms with Gasteiger partial charge in [-0.2, -0.15) is 5.10 Å². The number of thiophene rings is 1. The summed E-state index contributed by atoms with van der Waals surface area (Å²) >= 11 is 1.52. The van der Waals surface area contributed by atoms with Gasteiger partial charge < -0.3 is 4.74 Å². The molecule has 0 aromatic carbocycles. The highest BCUT2D eigenvalue weighted by Gasteiger charge is 2.35. The van der Waals surface area contributed by atoms with Crippen molar-refractivity contribution in [2.75, 3.05) is 18.6 Å². The molecule has 1 saturated heterocycles. The molecule has 0 N–H and O–H groups in total. The minimum atomic E-state index is -3.08. The Balaban J connectivity index is 1.80. The van der Waals surface area contributed by atoms with Gasteiger partial charge in [-0.25, -0.2) is 22.9 Å². The molecule has 1 saturated carbocycles. The van der Waals surface area contributed by atoms with Crippen LogP contribution in [0.2, 0.25) is 0 Å². The fourth-order valence-electron chi connectivity index (χ4n) is 3.82. The van der Waals surface area contributed by atoms with Crippen LogP contribution in [0.15, 0.2) is 23.6 Å². The average Bonchev–Trinajstić information content (AvgIpc) is 3.09. The molecule has 3 aromatic rings. The van der Waals surface area contributed by atoms with Gasteiger partial charge in [0.2, 0.25) is 0 Å². The van der Waals surface area contributed by atoms with E-state index in [1.807, 2.05) is 23.6 Å². The molecule has 4 heterocycles. The first-order chi connectivity index (χ1) is 13.5. The summed E-state index contributed by atoms with van der Waals surface area (Å²) in [5.41, 5.74) is 2.54. The summed E-state index contributed by atoms with van der Waals surface area (Å²) in [6.45, 7) is 0. The van der Waals surface area contributed by atoms with E-state index < -0.39 is 15.8 Å². The number of aromatic nitrogens is 3. The predicted octanol–water partition coefficient (Wildman–Crippen LogP) is 3.18. The number of pyridine rings is 1. The highest BCUT2D eigenvalue weighted by molar-refractivity contribution is 7.91. The lowest BCUT2D eigenvalue weighted by molar-refractivity contribution is 0.0602. The van der Waals surface area contributed by atoms with Crippen LogP contribution in [0.25, 0.3) is 21.6 Å². The number of hydrogen-bond acceptors (Lipinski definition) is 7. The first-order valence-electron chi connectivity index (χ1n) is 9.22. The van der Waals surface area contributed by atoms with Crippen molar-refractivity contribution in [1.82, 2.24) is 14.8 Å². The first kappa shape index (κ1) is 17.8. The number of nitrogens with zero attached hydrogens (tertiary/aromatic N) is 3. The molecule has 7 nitrogen and oxygen atoms in total. The summed E-state index contributed by atoms with van der Waals surface area (Å²) in [5, 5.41) is 7.36. The van der Waals surface area contributed by atoms with Crippen molar-refractivity contribution in [1.29, 1.82) is 0 Å². The summed E-state index contributed by atoms with van der Waals surface area (Å²) < 4.78 is 30.9. The normalized spacial score (nSPS) is 21.2.